The first-order valence-electron chi connectivity index (χ1n) is 6.45. The average molecular weight is 376 g/mol. The largest absolute Gasteiger partial charge is 0.468 e. The molecule has 8 heteroatoms. The first-order chi connectivity index (χ1) is 10.0. The Balaban J connectivity index is 1.95. The molecule has 0 aromatic carbocycles. The van der Waals surface area contributed by atoms with Gasteiger partial charge in [-0.05, 0) is 40.9 Å². The van der Waals surface area contributed by atoms with E-state index in [1.165, 1.54) is 16.6 Å². The van der Waals surface area contributed by atoms with Crippen molar-refractivity contribution in [3.63, 3.8) is 0 Å². The van der Waals surface area contributed by atoms with Crippen molar-refractivity contribution in [2.45, 2.75) is 36.9 Å². The van der Waals surface area contributed by atoms with Crippen LogP contribution in [-0.2, 0) is 23.2 Å². The van der Waals surface area contributed by atoms with Gasteiger partial charge in [0.1, 0.15) is 23.0 Å². The van der Waals surface area contributed by atoms with Crippen LogP contribution in [0.2, 0.25) is 0 Å². The summed E-state index contributed by atoms with van der Waals surface area (Å²) in [7, 11) is -3.71. The topological polar surface area (TPSA) is 83.9 Å². The molecule has 1 aliphatic rings. The molecule has 0 amide bonds. The van der Waals surface area contributed by atoms with Crippen LogP contribution >= 0.6 is 15.9 Å². The van der Waals surface area contributed by atoms with Gasteiger partial charge in [-0.3, -0.25) is 0 Å². The molecule has 114 valence electrons. The summed E-state index contributed by atoms with van der Waals surface area (Å²) in [5, 5.41) is 9.07. The molecule has 1 aliphatic carbocycles. The number of sulfonamides is 1. The fraction of sp³-hybridized carbons (Fsp3) is 0.385. The van der Waals surface area contributed by atoms with Crippen molar-refractivity contribution in [2.24, 2.45) is 0 Å². The maximum absolute atomic E-state index is 12.8. The van der Waals surface area contributed by atoms with E-state index in [0.717, 1.165) is 12.8 Å². The van der Waals surface area contributed by atoms with Gasteiger partial charge in [0.05, 0.1) is 12.8 Å². The average Bonchev–Trinajstić information content (AvgIpc) is 2.99. The first-order valence-corrected chi connectivity index (χ1v) is 8.69. The van der Waals surface area contributed by atoms with Crippen LogP contribution in [0.5, 0.6) is 0 Å². The van der Waals surface area contributed by atoms with Gasteiger partial charge in [-0.25, -0.2) is 8.42 Å². The molecule has 0 radical (unpaired) electrons. The highest BCUT2D eigenvalue weighted by Gasteiger charge is 2.40. The lowest BCUT2D eigenvalue weighted by atomic mass is 10.4. The van der Waals surface area contributed by atoms with Crippen LogP contribution in [0, 0.1) is 0 Å². The van der Waals surface area contributed by atoms with E-state index in [4.69, 9.17) is 13.9 Å². The molecule has 21 heavy (non-hydrogen) atoms. The number of rotatable bonds is 6. The van der Waals surface area contributed by atoms with Gasteiger partial charge in [0.15, 0.2) is 4.67 Å². The lowest BCUT2D eigenvalue weighted by Gasteiger charge is -2.20. The molecule has 1 N–H and O–H groups in total. The van der Waals surface area contributed by atoms with Crippen LogP contribution in [0.4, 0.5) is 0 Å². The van der Waals surface area contributed by atoms with E-state index >= 15 is 0 Å². The minimum Gasteiger partial charge on any atom is -0.468 e. The van der Waals surface area contributed by atoms with Crippen molar-refractivity contribution in [3.8, 4) is 0 Å². The summed E-state index contributed by atoms with van der Waals surface area (Å²) in [5.41, 5.74) is 0. The number of furan rings is 2. The molecule has 1 fully saturated rings. The highest BCUT2D eigenvalue weighted by molar-refractivity contribution is 9.10. The molecule has 2 heterocycles. The lowest BCUT2D eigenvalue weighted by molar-refractivity contribution is 0.245. The summed E-state index contributed by atoms with van der Waals surface area (Å²) in [4.78, 5) is 0.0324. The number of nitrogens with zero attached hydrogens (tertiary/aromatic N) is 1. The van der Waals surface area contributed by atoms with Crippen LogP contribution in [0.25, 0.3) is 0 Å². The van der Waals surface area contributed by atoms with Crippen molar-refractivity contribution >= 4 is 26.0 Å². The van der Waals surface area contributed by atoms with E-state index in [1.807, 2.05) is 0 Å². The number of aliphatic hydroxyl groups is 1. The Morgan fingerprint density at radius 1 is 1.38 bits per heavy atom. The highest BCUT2D eigenvalue weighted by Crippen LogP contribution is 2.36. The molecule has 2 aromatic rings. The molecule has 1 saturated carbocycles. The number of aliphatic hydroxyl groups excluding tert-OH is 1. The molecular weight excluding hydrogens is 362 g/mol. The Bertz CT molecular complexity index is 718. The van der Waals surface area contributed by atoms with E-state index in [1.54, 1.807) is 12.1 Å². The van der Waals surface area contributed by atoms with Gasteiger partial charge in [-0.2, -0.15) is 4.31 Å². The van der Waals surface area contributed by atoms with Crippen LogP contribution in [0.3, 0.4) is 0 Å². The summed E-state index contributed by atoms with van der Waals surface area (Å²) in [6.45, 7) is -0.165. The van der Waals surface area contributed by atoms with E-state index in [9.17, 15) is 8.42 Å². The normalized spacial score (nSPS) is 15.8. The van der Waals surface area contributed by atoms with Crippen molar-refractivity contribution < 1.29 is 22.4 Å². The van der Waals surface area contributed by atoms with Crippen molar-refractivity contribution in [1.29, 1.82) is 0 Å². The third kappa shape index (κ3) is 2.94. The molecular formula is C13H14BrNO5S. The Morgan fingerprint density at radius 2 is 2.14 bits per heavy atom. The molecule has 3 rings (SSSR count). The lowest BCUT2D eigenvalue weighted by Crippen LogP contribution is -2.32. The summed E-state index contributed by atoms with van der Waals surface area (Å²) in [6, 6.07) is 4.80. The van der Waals surface area contributed by atoms with Crippen molar-refractivity contribution in [2.75, 3.05) is 0 Å². The zero-order valence-corrected chi connectivity index (χ0v) is 13.4. The van der Waals surface area contributed by atoms with E-state index in [2.05, 4.69) is 15.9 Å². The second-order valence-electron chi connectivity index (χ2n) is 4.87. The van der Waals surface area contributed by atoms with E-state index in [-0.39, 0.29) is 34.5 Å². The third-order valence-corrected chi connectivity index (χ3v) is 6.05. The Morgan fingerprint density at radius 3 is 2.67 bits per heavy atom. The van der Waals surface area contributed by atoms with Gasteiger partial charge >= 0.3 is 0 Å². The van der Waals surface area contributed by atoms with Crippen LogP contribution in [0.1, 0.15) is 24.4 Å². The zero-order valence-electron chi connectivity index (χ0n) is 11.0. The molecule has 2 aromatic heterocycles. The van der Waals surface area contributed by atoms with Crippen LogP contribution in [0.15, 0.2) is 42.9 Å². The second-order valence-corrected chi connectivity index (χ2v) is 7.45. The zero-order chi connectivity index (χ0) is 15.0. The Hall–Kier alpha value is -1.09. The summed E-state index contributed by atoms with van der Waals surface area (Å²) < 4.78 is 37.6. The molecule has 0 aliphatic heterocycles. The molecule has 0 bridgehead atoms. The fourth-order valence-electron chi connectivity index (χ4n) is 2.11. The molecule has 0 unspecified atom stereocenters. The standard InChI is InChI=1S/C13H14BrNO5S/c14-13-12(6-11(8-16)20-13)21(17,18)15(9-3-4-9)7-10-2-1-5-19-10/h1-2,5-6,9,16H,3-4,7-8H2. The molecule has 0 spiro atoms. The minimum atomic E-state index is -3.71. The van der Waals surface area contributed by atoms with Crippen LogP contribution < -0.4 is 0 Å². The second kappa shape index (κ2) is 5.60. The van der Waals surface area contributed by atoms with Crippen molar-refractivity contribution in [1.82, 2.24) is 4.31 Å². The maximum atomic E-state index is 12.8. The number of hydrogen-bond donors (Lipinski definition) is 1. The van der Waals surface area contributed by atoms with Gasteiger partial charge in [-0.1, -0.05) is 0 Å². The number of halogens is 1. The predicted molar refractivity (Wildman–Crippen MR) is 76.8 cm³/mol. The quantitative estimate of drug-likeness (QED) is 0.838. The smallest absolute Gasteiger partial charge is 0.248 e. The Kier molecular flexibility index (Phi) is 3.96. The minimum absolute atomic E-state index is 0.0144. The number of hydrogen-bond acceptors (Lipinski definition) is 5. The SMILES string of the molecule is O=S(=O)(c1cc(CO)oc1Br)N(Cc1ccco1)C1CC1. The predicted octanol–water partition coefficient (Wildman–Crippen LogP) is 2.48. The monoisotopic (exact) mass is 375 g/mol. The summed E-state index contributed by atoms with van der Waals surface area (Å²) >= 11 is 3.10. The highest BCUT2D eigenvalue weighted by atomic mass is 79.9. The fourth-order valence-corrected chi connectivity index (χ4v) is 4.72. The third-order valence-electron chi connectivity index (χ3n) is 3.29. The van der Waals surface area contributed by atoms with Crippen molar-refractivity contribution in [3.05, 3.63) is 40.7 Å². The van der Waals surface area contributed by atoms with Gasteiger partial charge < -0.3 is 13.9 Å². The maximum Gasteiger partial charge on any atom is 0.248 e. The van der Waals surface area contributed by atoms with Gasteiger partial charge in [0.2, 0.25) is 10.0 Å². The van der Waals surface area contributed by atoms with Gasteiger partial charge in [0, 0.05) is 12.1 Å². The molecule has 6 nitrogen and oxygen atoms in total. The van der Waals surface area contributed by atoms with Gasteiger partial charge in [0.25, 0.3) is 0 Å². The van der Waals surface area contributed by atoms with E-state index < -0.39 is 10.0 Å². The Labute approximate surface area is 130 Å². The van der Waals surface area contributed by atoms with Gasteiger partial charge in [-0.15, -0.1) is 0 Å². The summed E-state index contributed by atoms with van der Waals surface area (Å²) in [5.74, 6) is 0.793. The molecule has 0 saturated heterocycles. The summed E-state index contributed by atoms with van der Waals surface area (Å²) in [6.07, 6.45) is 3.19. The van der Waals surface area contributed by atoms with Crippen LogP contribution in [-0.4, -0.2) is 23.9 Å². The van der Waals surface area contributed by atoms with E-state index in [0.29, 0.717) is 5.76 Å². The molecule has 0 atom stereocenters. The first kappa shape index (κ1) is 14.8.